The van der Waals surface area contributed by atoms with Crippen LogP contribution in [-0.4, -0.2) is 132 Å². The molecule has 0 amide bonds. The molecule has 12 heteroatoms. The Balaban J connectivity index is 1.67. The van der Waals surface area contributed by atoms with Crippen molar-refractivity contribution in [3.05, 3.63) is 29.8 Å². The van der Waals surface area contributed by atoms with Crippen LogP contribution < -0.4 is 4.74 Å². The van der Waals surface area contributed by atoms with Gasteiger partial charge in [0.15, 0.2) is 0 Å². The van der Waals surface area contributed by atoms with E-state index in [-0.39, 0.29) is 6.61 Å². The summed E-state index contributed by atoms with van der Waals surface area (Å²) in [6.07, 6.45) is 0.794. The quantitative estimate of drug-likeness (QED) is 0.0851. The zero-order valence-electron chi connectivity index (χ0n) is 22.3. The van der Waals surface area contributed by atoms with E-state index in [2.05, 4.69) is 4.74 Å². The molecule has 12 nitrogen and oxygen atoms in total. The smallest absolute Gasteiger partial charge is 0.331 e. The third-order valence-corrected chi connectivity index (χ3v) is 4.56. The second kappa shape index (κ2) is 26.4. The third kappa shape index (κ3) is 21.9. The normalized spacial score (nSPS) is 11.0. The van der Waals surface area contributed by atoms with Crippen molar-refractivity contribution in [2.75, 3.05) is 119 Å². The van der Waals surface area contributed by atoms with Crippen LogP contribution in [0.25, 0.3) is 0 Å². The van der Waals surface area contributed by atoms with E-state index < -0.39 is 5.97 Å². The maximum Gasteiger partial charge on any atom is 0.331 e. The first-order valence-electron chi connectivity index (χ1n) is 12.6. The molecule has 38 heavy (non-hydrogen) atoms. The van der Waals surface area contributed by atoms with Gasteiger partial charge in [-0.15, -0.1) is 0 Å². The molecule has 0 aliphatic heterocycles. The highest BCUT2D eigenvalue weighted by molar-refractivity contribution is 5.74. The molecule has 1 aromatic carbocycles. The Morgan fingerprint density at radius 2 is 0.895 bits per heavy atom. The lowest BCUT2D eigenvalue weighted by Gasteiger charge is -2.09. The van der Waals surface area contributed by atoms with Gasteiger partial charge in [0, 0.05) is 5.56 Å². The van der Waals surface area contributed by atoms with Gasteiger partial charge in [-0.05, 0) is 24.3 Å². The summed E-state index contributed by atoms with van der Waals surface area (Å²) in [5, 5.41) is 0. The highest BCUT2D eigenvalue weighted by atomic mass is 16.6. The first-order chi connectivity index (χ1) is 18.8. The number of hydrogen-bond acceptors (Lipinski definition) is 12. The number of carbonyl (C=O) groups excluding carboxylic acids is 2. The molecular formula is C26H42O12. The number of carbonyl (C=O) groups is 2. The van der Waals surface area contributed by atoms with Gasteiger partial charge in [0.1, 0.15) is 25.2 Å². The van der Waals surface area contributed by atoms with Crippen molar-refractivity contribution in [2.24, 2.45) is 0 Å². The second-order valence-electron chi connectivity index (χ2n) is 7.45. The Morgan fingerprint density at radius 1 is 0.553 bits per heavy atom. The monoisotopic (exact) mass is 546 g/mol. The average molecular weight is 547 g/mol. The van der Waals surface area contributed by atoms with E-state index in [0.29, 0.717) is 117 Å². The van der Waals surface area contributed by atoms with Crippen LogP contribution >= 0.6 is 0 Å². The summed E-state index contributed by atoms with van der Waals surface area (Å²) in [4.78, 5) is 21.4. The fourth-order valence-corrected chi connectivity index (χ4v) is 2.61. The molecule has 0 saturated heterocycles. The Labute approximate surface area is 224 Å². The molecule has 1 rings (SSSR count). The van der Waals surface area contributed by atoms with E-state index in [1.807, 2.05) is 0 Å². The zero-order valence-corrected chi connectivity index (χ0v) is 22.3. The lowest BCUT2D eigenvalue weighted by atomic mass is 10.2. The van der Waals surface area contributed by atoms with Gasteiger partial charge in [-0.2, -0.15) is 0 Å². The maximum atomic E-state index is 10.8. The van der Waals surface area contributed by atoms with Crippen molar-refractivity contribution >= 4 is 12.3 Å². The molecule has 0 aliphatic carbocycles. The van der Waals surface area contributed by atoms with E-state index in [1.54, 1.807) is 24.3 Å². The lowest BCUT2D eigenvalue weighted by molar-refractivity contribution is -0.146. The predicted molar refractivity (Wildman–Crippen MR) is 136 cm³/mol. The number of aldehydes is 1. The molecule has 0 bridgehead atoms. The summed E-state index contributed by atoms with van der Waals surface area (Å²) in [6.45, 7) is 7.26. The first kappa shape index (κ1) is 33.9. The van der Waals surface area contributed by atoms with Crippen LogP contribution in [0.5, 0.6) is 5.75 Å². The molecule has 0 fully saturated rings. The van der Waals surface area contributed by atoms with Gasteiger partial charge in [0.05, 0.1) is 106 Å². The van der Waals surface area contributed by atoms with Gasteiger partial charge in [-0.3, -0.25) is 4.79 Å². The fraction of sp³-hybridized carbons (Fsp3) is 0.692. The average Bonchev–Trinajstić information content (AvgIpc) is 2.95. The fourth-order valence-electron chi connectivity index (χ4n) is 2.61. The van der Waals surface area contributed by atoms with Crippen molar-refractivity contribution in [3.63, 3.8) is 0 Å². The minimum absolute atomic E-state index is 0.0717. The van der Waals surface area contributed by atoms with Crippen molar-refractivity contribution in [1.82, 2.24) is 0 Å². The zero-order chi connectivity index (χ0) is 27.4. The molecule has 218 valence electrons. The molecule has 0 atom stereocenters. The van der Waals surface area contributed by atoms with Crippen molar-refractivity contribution < 1.29 is 57.0 Å². The summed E-state index contributed by atoms with van der Waals surface area (Å²) in [5.41, 5.74) is 0.615. The van der Waals surface area contributed by atoms with Gasteiger partial charge < -0.3 is 47.4 Å². The third-order valence-electron chi connectivity index (χ3n) is 4.56. The van der Waals surface area contributed by atoms with Gasteiger partial charge in [-0.1, -0.05) is 0 Å². The number of hydrogen-bond donors (Lipinski definition) is 0. The largest absolute Gasteiger partial charge is 0.491 e. The van der Waals surface area contributed by atoms with Crippen LogP contribution in [0.3, 0.4) is 0 Å². The highest BCUT2D eigenvalue weighted by Crippen LogP contribution is 2.10. The molecular weight excluding hydrogens is 504 g/mol. The van der Waals surface area contributed by atoms with Crippen molar-refractivity contribution in [3.8, 4) is 5.75 Å². The molecule has 0 spiro atoms. The standard InChI is InChI=1S/C26H42O12/c1-29-26(28)23-37-19-18-35-15-14-33-11-10-31-7-6-30-8-9-32-12-13-34-16-17-36-20-21-38-25-4-2-24(22-27)3-5-25/h2-5,22H,6-21,23H2,1H3. The van der Waals surface area contributed by atoms with Gasteiger partial charge in [0.2, 0.25) is 0 Å². The second-order valence-corrected chi connectivity index (χ2v) is 7.45. The molecule has 0 saturated carbocycles. The van der Waals surface area contributed by atoms with Gasteiger partial charge in [-0.25, -0.2) is 4.79 Å². The van der Waals surface area contributed by atoms with Crippen LogP contribution in [-0.2, 0) is 47.4 Å². The van der Waals surface area contributed by atoms with Crippen molar-refractivity contribution in [2.45, 2.75) is 0 Å². The van der Waals surface area contributed by atoms with Crippen LogP contribution in [0.4, 0.5) is 0 Å². The molecule has 0 aliphatic rings. The minimum atomic E-state index is -0.410. The molecule has 0 heterocycles. The summed E-state index contributed by atoms with van der Waals surface area (Å²) in [5.74, 6) is 0.291. The Hall–Kier alpha value is -2.16. The van der Waals surface area contributed by atoms with Crippen LogP contribution in [0.15, 0.2) is 24.3 Å². The summed E-state index contributed by atoms with van der Waals surface area (Å²) >= 11 is 0. The van der Waals surface area contributed by atoms with E-state index in [4.69, 9.17) is 42.6 Å². The van der Waals surface area contributed by atoms with Crippen LogP contribution in [0.1, 0.15) is 10.4 Å². The maximum absolute atomic E-state index is 10.8. The van der Waals surface area contributed by atoms with E-state index in [1.165, 1.54) is 7.11 Å². The van der Waals surface area contributed by atoms with E-state index >= 15 is 0 Å². The SMILES string of the molecule is COC(=O)COCCOCCOCCOCCOCCOCCOCCOCCOc1ccc(C=O)cc1. The molecule has 0 unspecified atom stereocenters. The summed E-state index contributed by atoms with van der Waals surface area (Å²) < 4.78 is 52.9. The highest BCUT2D eigenvalue weighted by Gasteiger charge is 1.99. The first-order valence-corrected chi connectivity index (χ1v) is 12.6. The summed E-state index contributed by atoms with van der Waals surface area (Å²) in [7, 11) is 1.31. The number of esters is 1. The Bertz CT molecular complexity index is 671. The van der Waals surface area contributed by atoms with Crippen LogP contribution in [0, 0.1) is 0 Å². The number of rotatable bonds is 28. The lowest BCUT2D eigenvalue weighted by Crippen LogP contribution is -2.16. The molecule has 1 aromatic rings. The molecule has 0 radical (unpaired) electrons. The van der Waals surface area contributed by atoms with Gasteiger partial charge in [0.25, 0.3) is 0 Å². The van der Waals surface area contributed by atoms with Crippen molar-refractivity contribution in [1.29, 1.82) is 0 Å². The minimum Gasteiger partial charge on any atom is -0.491 e. The van der Waals surface area contributed by atoms with Crippen LogP contribution in [0.2, 0.25) is 0 Å². The summed E-state index contributed by atoms with van der Waals surface area (Å²) in [6, 6.07) is 6.91. The Morgan fingerprint density at radius 3 is 1.24 bits per heavy atom. The van der Waals surface area contributed by atoms with E-state index in [0.717, 1.165) is 6.29 Å². The number of methoxy groups -OCH3 is 1. The van der Waals surface area contributed by atoms with E-state index in [9.17, 15) is 9.59 Å². The number of benzene rings is 1. The number of ether oxygens (including phenoxy) is 10. The Kier molecular flexibility index (Phi) is 23.6. The molecule has 0 N–H and O–H groups in total. The predicted octanol–water partition coefficient (Wildman–Crippen LogP) is 1.18. The topological polar surface area (TPSA) is 126 Å². The van der Waals surface area contributed by atoms with Gasteiger partial charge >= 0.3 is 5.97 Å². The molecule has 0 aromatic heterocycles.